The molecule has 0 spiro atoms. The number of rotatable bonds is 7. The standard InChI is InChI=1S/C19H31N3O/c1-16-12-17(2)14-22(13-16)19(23)15-21(11-9-20)10-8-18-6-4-3-5-7-18/h3-7,16-17H,8-15,20H2,1-2H3. The van der Waals surface area contributed by atoms with Crippen LogP contribution in [0.3, 0.4) is 0 Å². The molecule has 1 heterocycles. The number of carbonyl (C=O) groups excluding carboxylic acids is 1. The first-order valence-corrected chi connectivity index (χ1v) is 8.82. The summed E-state index contributed by atoms with van der Waals surface area (Å²) < 4.78 is 0. The Bertz CT molecular complexity index is 467. The molecule has 0 bridgehead atoms. The van der Waals surface area contributed by atoms with Crippen LogP contribution in [0.1, 0.15) is 25.8 Å². The van der Waals surface area contributed by atoms with Crippen LogP contribution >= 0.6 is 0 Å². The van der Waals surface area contributed by atoms with Crippen molar-refractivity contribution in [2.75, 3.05) is 39.3 Å². The zero-order valence-corrected chi connectivity index (χ0v) is 14.6. The van der Waals surface area contributed by atoms with Crippen LogP contribution in [0.4, 0.5) is 0 Å². The molecule has 4 nitrogen and oxygen atoms in total. The molecule has 4 heteroatoms. The summed E-state index contributed by atoms with van der Waals surface area (Å²) in [5.41, 5.74) is 7.04. The fraction of sp³-hybridized carbons (Fsp3) is 0.632. The SMILES string of the molecule is CC1CC(C)CN(C(=O)CN(CCN)CCc2ccccc2)C1. The first-order chi connectivity index (χ1) is 11.1. The van der Waals surface area contributed by atoms with E-state index in [4.69, 9.17) is 5.73 Å². The lowest BCUT2D eigenvalue weighted by Crippen LogP contribution is -2.48. The summed E-state index contributed by atoms with van der Waals surface area (Å²) in [6, 6.07) is 10.4. The molecular weight excluding hydrogens is 286 g/mol. The Morgan fingerprint density at radius 3 is 2.43 bits per heavy atom. The van der Waals surface area contributed by atoms with Crippen molar-refractivity contribution in [2.45, 2.75) is 26.7 Å². The molecular formula is C19H31N3O. The Balaban J connectivity index is 1.86. The van der Waals surface area contributed by atoms with Gasteiger partial charge in [0.15, 0.2) is 0 Å². The summed E-state index contributed by atoms with van der Waals surface area (Å²) in [6.07, 6.45) is 2.19. The Morgan fingerprint density at radius 1 is 1.17 bits per heavy atom. The molecule has 2 unspecified atom stereocenters. The quantitative estimate of drug-likeness (QED) is 0.837. The van der Waals surface area contributed by atoms with Crippen LogP contribution in [0, 0.1) is 11.8 Å². The maximum absolute atomic E-state index is 12.6. The van der Waals surface area contributed by atoms with Crippen LogP contribution in [0.25, 0.3) is 0 Å². The molecule has 1 aliphatic heterocycles. The highest BCUT2D eigenvalue weighted by atomic mass is 16.2. The molecule has 23 heavy (non-hydrogen) atoms. The van der Waals surface area contributed by atoms with Crippen LogP contribution in [-0.4, -0.2) is 55.0 Å². The summed E-state index contributed by atoms with van der Waals surface area (Å²) in [5, 5.41) is 0. The monoisotopic (exact) mass is 317 g/mol. The molecule has 0 radical (unpaired) electrons. The van der Waals surface area contributed by atoms with Gasteiger partial charge in [0, 0.05) is 32.7 Å². The molecule has 0 aromatic heterocycles. The number of likely N-dealkylation sites (tertiary alicyclic amines) is 1. The van der Waals surface area contributed by atoms with Gasteiger partial charge in [-0.25, -0.2) is 0 Å². The fourth-order valence-electron chi connectivity index (χ4n) is 3.54. The first kappa shape index (κ1) is 18.0. The molecule has 1 fully saturated rings. The number of nitrogens with two attached hydrogens (primary N) is 1. The van der Waals surface area contributed by atoms with Crippen LogP contribution in [0.15, 0.2) is 30.3 Å². The Hall–Kier alpha value is -1.39. The summed E-state index contributed by atoms with van der Waals surface area (Å²) >= 11 is 0. The number of nitrogens with zero attached hydrogens (tertiary/aromatic N) is 2. The maximum atomic E-state index is 12.6. The molecule has 1 saturated heterocycles. The van der Waals surface area contributed by atoms with Crippen molar-refractivity contribution in [3.8, 4) is 0 Å². The average Bonchev–Trinajstić information content (AvgIpc) is 2.53. The van der Waals surface area contributed by atoms with E-state index in [1.54, 1.807) is 0 Å². The van der Waals surface area contributed by atoms with Crippen molar-refractivity contribution in [1.29, 1.82) is 0 Å². The molecule has 2 atom stereocenters. The largest absolute Gasteiger partial charge is 0.341 e. The summed E-state index contributed by atoms with van der Waals surface area (Å²) in [7, 11) is 0. The lowest BCUT2D eigenvalue weighted by molar-refractivity contribution is -0.135. The third-order valence-electron chi connectivity index (χ3n) is 4.59. The molecule has 2 N–H and O–H groups in total. The number of hydrogen-bond acceptors (Lipinski definition) is 3. The van der Waals surface area contributed by atoms with Gasteiger partial charge in [-0.2, -0.15) is 0 Å². The van der Waals surface area contributed by atoms with Gasteiger partial charge < -0.3 is 10.6 Å². The van der Waals surface area contributed by atoms with E-state index in [0.717, 1.165) is 32.6 Å². The van der Waals surface area contributed by atoms with Crippen molar-refractivity contribution < 1.29 is 4.79 Å². The van der Waals surface area contributed by atoms with Gasteiger partial charge in [-0.1, -0.05) is 44.2 Å². The summed E-state index contributed by atoms with van der Waals surface area (Å²) in [5.74, 6) is 1.47. The third-order valence-corrected chi connectivity index (χ3v) is 4.59. The van der Waals surface area contributed by atoms with Crippen molar-refractivity contribution >= 4 is 5.91 Å². The second kappa shape index (κ2) is 9.04. The van der Waals surface area contributed by atoms with E-state index in [1.165, 1.54) is 12.0 Å². The summed E-state index contributed by atoms with van der Waals surface area (Å²) in [6.45, 7) is 9.02. The van der Waals surface area contributed by atoms with Gasteiger partial charge in [-0.15, -0.1) is 0 Å². The third kappa shape index (κ3) is 5.96. The van der Waals surface area contributed by atoms with Gasteiger partial charge in [-0.3, -0.25) is 9.69 Å². The van der Waals surface area contributed by atoms with E-state index in [2.05, 4.69) is 43.0 Å². The molecule has 1 aromatic rings. The first-order valence-electron chi connectivity index (χ1n) is 8.82. The zero-order chi connectivity index (χ0) is 16.7. The fourth-order valence-corrected chi connectivity index (χ4v) is 3.54. The number of piperidine rings is 1. The predicted molar refractivity (Wildman–Crippen MR) is 95.2 cm³/mol. The van der Waals surface area contributed by atoms with Crippen molar-refractivity contribution in [3.05, 3.63) is 35.9 Å². The highest BCUT2D eigenvalue weighted by molar-refractivity contribution is 5.78. The van der Waals surface area contributed by atoms with E-state index in [9.17, 15) is 4.79 Å². The van der Waals surface area contributed by atoms with Crippen molar-refractivity contribution in [1.82, 2.24) is 9.80 Å². The van der Waals surface area contributed by atoms with E-state index in [1.807, 2.05) is 11.0 Å². The second-order valence-corrected chi connectivity index (χ2v) is 7.05. The average molecular weight is 317 g/mol. The highest BCUT2D eigenvalue weighted by Gasteiger charge is 2.26. The van der Waals surface area contributed by atoms with Gasteiger partial charge in [-0.05, 0) is 30.2 Å². The van der Waals surface area contributed by atoms with Gasteiger partial charge in [0.1, 0.15) is 0 Å². The topological polar surface area (TPSA) is 49.6 Å². The minimum absolute atomic E-state index is 0.255. The number of amides is 1. The molecule has 2 rings (SSSR count). The van der Waals surface area contributed by atoms with E-state index in [-0.39, 0.29) is 5.91 Å². The molecule has 1 amide bonds. The minimum Gasteiger partial charge on any atom is -0.341 e. The van der Waals surface area contributed by atoms with Crippen LogP contribution in [0.5, 0.6) is 0 Å². The van der Waals surface area contributed by atoms with Gasteiger partial charge in [0.2, 0.25) is 5.91 Å². The van der Waals surface area contributed by atoms with Crippen LogP contribution in [-0.2, 0) is 11.2 Å². The number of hydrogen-bond donors (Lipinski definition) is 1. The zero-order valence-electron chi connectivity index (χ0n) is 14.6. The van der Waals surface area contributed by atoms with Crippen LogP contribution < -0.4 is 5.73 Å². The lowest BCUT2D eigenvalue weighted by Gasteiger charge is -2.36. The summed E-state index contributed by atoms with van der Waals surface area (Å²) in [4.78, 5) is 16.9. The number of carbonyl (C=O) groups is 1. The van der Waals surface area contributed by atoms with Crippen molar-refractivity contribution in [3.63, 3.8) is 0 Å². The Kier molecular flexibility index (Phi) is 7.06. The molecule has 0 saturated carbocycles. The smallest absolute Gasteiger partial charge is 0.236 e. The lowest BCUT2D eigenvalue weighted by atomic mass is 9.92. The maximum Gasteiger partial charge on any atom is 0.236 e. The minimum atomic E-state index is 0.255. The van der Waals surface area contributed by atoms with Crippen molar-refractivity contribution in [2.24, 2.45) is 17.6 Å². The van der Waals surface area contributed by atoms with E-state index in [0.29, 0.717) is 24.9 Å². The van der Waals surface area contributed by atoms with Gasteiger partial charge >= 0.3 is 0 Å². The molecule has 128 valence electrons. The Morgan fingerprint density at radius 2 is 1.83 bits per heavy atom. The second-order valence-electron chi connectivity index (χ2n) is 7.05. The van der Waals surface area contributed by atoms with Crippen LogP contribution in [0.2, 0.25) is 0 Å². The highest BCUT2D eigenvalue weighted by Crippen LogP contribution is 2.21. The normalized spacial score (nSPS) is 21.7. The Labute approximate surface area is 140 Å². The van der Waals surface area contributed by atoms with Gasteiger partial charge in [0.05, 0.1) is 6.54 Å². The molecule has 1 aliphatic rings. The number of benzene rings is 1. The van der Waals surface area contributed by atoms with E-state index < -0.39 is 0 Å². The molecule has 1 aromatic carbocycles. The predicted octanol–water partition coefficient (Wildman–Crippen LogP) is 1.99. The van der Waals surface area contributed by atoms with E-state index >= 15 is 0 Å². The van der Waals surface area contributed by atoms with Gasteiger partial charge in [0.25, 0.3) is 0 Å². The molecule has 0 aliphatic carbocycles.